The van der Waals surface area contributed by atoms with Crippen LogP contribution in [0.1, 0.15) is 43.2 Å². The third-order valence-electron chi connectivity index (χ3n) is 4.01. The van der Waals surface area contributed by atoms with E-state index in [1.54, 1.807) is 0 Å². The lowest BCUT2D eigenvalue weighted by Crippen LogP contribution is -2.37. The fraction of sp³-hybridized carbons (Fsp3) is 0.632. The van der Waals surface area contributed by atoms with Gasteiger partial charge in [0, 0.05) is 20.1 Å². The summed E-state index contributed by atoms with van der Waals surface area (Å²) in [6.45, 7) is 5.15. The molecular weight excluding hydrogens is 284 g/mol. The van der Waals surface area contributed by atoms with Gasteiger partial charge in [0.05, 0.1) is 0 Å². The number of aryl methyl sites for hydroxylation is 1. The third kappa shape index (κ3) is 9.24. The Morgan fingerprint density at radius 1 is 1.00 bits per heavy atom. The van der Waals surface area contributed by atoms with Crippen LogP contribution in [0.5, 0.6) is 0 Å². The highest BCUT2D eigenvalue weighted by Gasteiger charge is 2.00. The van der Waals surface area contributed by atoms with Gasteiger partial charge in [-0.05, 0) is 51.5 Å². The highest BCUT2D eigenvalue weighted by Crippen LogP contribution is 2.06. The predicted molar refractivity (Wildman–Crippen MR) is 101 cm³/mol. The number of hydrogen-bond acceptors (Lipinski definition) is 2. The van der Waals surface area contributed by atoms with Crippen LogP contribution in [-0.4, -0.2) is 45.1 Å². The molecule has 0 atom stereocenters. The summed E-state index contributed by atoms with van der Waals surface area (Å²) in [6, 6.07) is 8.45. The molecule has 0 aliphatic carbocycles. The lowest BCUT2D eigenvalue weighted by Gasteiger charge is -2.13. The van der Waals surface area contributed by atoms with E-state index in [1.165, 1.54) is 49.8 Å². The number of benzene rings is 1. The van der Waals surface area contributed by atoms with Crippen molar-refractivity contribution < 1.29 is 0 Å². The SMILES string of the molecule is CN=C(NCCCCCCCN(C)C)NCc1ccccc1C. The van der Waals surface area contributed by atoms with E-state index in [0.717, 1.165) is 19.0 Å². The van der Waals surface area contributed by atoms with E-state index in [1.807, 2.05) is 7.05 Å². The molecular formula is C19H34N4. The summed E-state index contributed by atoms with van der Waals surface area (Å²) in [7, 11) is 6.10. The standard InChI is InChI=1S/C19H34N4/c1-17-12-8-9-13-18(17)16-22-19(20-2)21-14-10-6-5-7-11-15-23(3)4/h8-9,12-13H,5-7,10-11,14-16H2,1-4H3,(H2,20,21,22). The second-order valence-electron chi connectivity index (χ2n) is 6.35. The van der Waals surface area contributed by atoms with Gasteiger partial charge >= 0.3 is 0 Å². The molecule has 1 aromatic carbocycles. The minimum absolute atomic E-state index is 0.816. The van der Waals surface area contributed by atoms with E-state index in [9.17, 15) is 0 Å². The zero-order valence-electron chi connectivity index (χ0n) is 15.4. The molecule has 4 heteroatoms. The quantitative estimate of drug-likeness (QED) is 0.395. The summed E-state index contributed by atoms with van der Waals surface area (Å²) in [6.07, 6.45) is 6.45. The summed E-state index contributed by atoms with van der Waals surface area (Å²) >= 11 is 0. The number of hydrogen-bond donors (Lipinski definition) is 2. The Morgan fingerprint density at radius 3 is 2.39 bits per heavy atom. The lowest BCUT2D eigenvalue weighted by atomic mass is 10.1. The van der Waals surface area contributed by atoms with E-state index in [4.69, 9.17) is 0 Å². The van der Waals surface area contributed by atoms with Crippen LogP contribution in [0, 0.1) is 6.92 Å². The Hall–Kier alpha value is -1.55. The normalized spacial score (nSPS) is 11.8. The summed E-state index contributed by atoms with van der Waals surface area (Å²) < 4.78 is 0. The summed E-state index contributed by atoms with van der Waals surface area (Å²) in [5, 5.41) is 6.78. The molecule has 0 unspecified atom stereocenters. The molecule has 0 bridgehead atoms. The summed E-state index contributed by atoms with van der Waals surface area (Å²) in [5.41, 5.74) is 2.63. The molecule has 0 aromatic heterocycles. The Morgan fingerprint density at radius 2 is 1.70 bits per heavy atom. The van der Waals surface area contributed by atoms with Crippen molar-refractivity contribution in [2.45, 2.75) is 45.6 Å². The van der Waals surface area contributed by atoms with E-state index in [0.29, 0.717) is 0 Å². The van der Waals surface area contributed by atoms with Crippen LogP contribution in [0.3, 0.4) is 0 Å². The average molecular weight is 319 g/mol. The third-order valence-corrected chi connectivity index (χ3v) is 4.01. The first kappa shape index (κ1) is 19.5. The number of nitrogens with one attached hydrogen (secondary N) is 2. The van der Waals surface area contributed by atoms with Crippen molar-refractivity contribution in [3.05, 3.63) is 35.4 Å². The molecule has 0 amide bonds. The summed E-state index contributed by atoms with van der Waals surface area (Å²) in [5.74, 6) is 0.890. The van der Waals surface area contributed by atoms with Crippen LogP contribution in [0.4, 0.5) is 0 Å². The second kappa shape index (κ2) is 11.9. The molecule has 23 heavy (non-hydrogen) atoms. The van der Waals surface area contributed by atoms with Crippen molar-refractivity contribution in [1.82, 2.24) is 15.5 Å². The number of aliphatic imine (C=N–C) groups is 1. The van der Waals surface area contributed by atoms with E-state index in [2.05, 4.69) is 65.8 Å². The smallest absolute Gasteiger partial charge is 0.191 e. The average Bonchev–Trinajstić information content (AvgIpc) is 2.54. The number of guanidine groups is 1. The molecule has 0 aliphatic rings. The largest absolute Gasteiger partial charge is 0.356 e. The zero-order chi connectivity index (χ0) is 16.9. The van der Waals surface area contributed by atoms with Crippen molar-refractivity contribution in [1.29, 1.82) is 0 Å². The first-order chi connectivity index (χ1) is 11.1. The zero-order valence-corrected chi connectivity index (χ0v) is 15.4. The van der Waals surface area contributed by atoms with Crippen molar-refractivity contribution in [3.8, 4) is 0 Å². The fourth-order valence-electron chi connectivity index (χ4n) is 2.50. The van der Waals surface area contributed by atoms with Gasteiger partial charge in [0.25, 0.3) is 0 Å². The van der Waals surface area contributed by atoms with E-state index in [-0.39, 0.29) is 0 Å². The Labute approximate surface area is 142 Å². The van der Waals surface area contributed by atoms with Crippen LogP contribution in [0.2, 0.25) is 0 Å². The topological polar surface area (TPSA) is 39.7 Å². The van der Waals surface area contributed by atoms with Crippen LogP contribution in [0.25, 0.3) is 0 Å². The molecule has 1 aromatic rings. The minimum Gasteiger partial charge on any atom is -0.356 e. The molecule has 2 N–H and O–H groups in total. The van der Waals surface area contributed by atoms with Gasteiger partial charge < -0.3 is 15.5 Å². The Kier molecular flexibility index (Phi) is 10.1. The predicted octanol–water partition coefficient (Wildman–Crippen LogP) is 3.17. The molecule has 130 valence electrons. The van der Waals surface area contributed by atoms with Crippen LogP contribution >= 0.6 is 0 Å². The maximum Gasteiger partial charge on any atom is 0.191 e. The second-order valence-corrected chi connectivity index (χ2v) is 6.35. The van der Waals surface area contributed by atoms with Crippen molar-refractivity contribution in [2.24, 2.45) is 4.99 Å². The maximum atomic E-state index is 4.29. The first-order valence-corrected chi connectivity index (χ1v) is 8.77. The molecule has 0 radical (unpaired) electrons. The number of unbranched alkanes of at least 4 members (excludes halogenated alkanes) is 4. The van der Waals surface area contributed by atoms with Crippen molar-refractivity contribution in [2.75, 3.05) is 34.2 Å². The van der Waals surface area contributed by atoms with Gasteiger partial charge in [0.2, 0.25) is 0 Å². The van der Waals surface area contributed by atoms with Crippen molar-refractivity contribution >= 4 is 5.96 Å². The molecule has 0 spiro atoms. The number of nitrogens with zero attached hydrogens (tertiary/aromatic N) is 2. The molecule has 0 fully saturated rings. The minimum atomic E-state index is 0.816. The first-order valence-electron chi connectivity index (χ1n) is 8.77. The highest BCUT2D eigenvalue weighted by atomic mass is 15.2. The molecule has 1 rings (SSSR count). The van der Waals surface area contributed by atoms with Crippen LogP contribution < -0.4 is 10.6 Å². The number of rotatable bonds is 10. The van der Waals surface area contributed by atoms with E-state index >= 15 is 0 Å². The highest BCUT2D eigenvalue weighted by molar-refractivity contribution is 5.79. The Balaban J connectivity index is 2.09. The molecule has 0 aliphatic heterocycles. The molecule has 0 saturated carbocycles. The fourth-order valence-corrected chi connectivity index (χ4v) is 2.50. The molecule has 0 heterocycles. The van der Waals surface area contributed by atoms with Gasteiger partial charge in [-0.25, -0.2) is 0 Å². The van der Waals surface area contributed by atoms with Gasteiger partial charge in [-0.15, -0.1) is 0 Å². The maximum absolute atomic E-state index is 4.29. The molecule has 4 nitrogen and oxygen atoms in total. The van der Waals surface area contributed by atoms with Crippen LogP contribution in [0.15, 0.2) is 29.3 Å². The molecule has 0 saturated heterocycles. The van der Waals surface area contributed by atoms with Gasteiger partial charge in [0.1, 0.15) is 0 Å². The van der Waals surface area contributed by atoms with Gasteiger partial charge in [0.15, 0.2) is 5.96 Å². The monoisotopic (exact) mass is 318 g/mol. The van der Waals surface area contributed by atoms with Crippen LogP contribution in [-0.2, 0) is 6.54 Å². The lowest BCUT2D eigenvalue weighted by molar-refractivity contribution is 0.389. The van der Waals surface area contributed by atoms with Gasteiger partial charge in [-0.3, -0.25) is 4.99 Å². The summed E-state index contributed by atoms with van der Waals surface area (Å²) in [4.78, 5) is 6.54. The van der Waals surface area contributed by atoms with Crippen molar-refractivity contribution in [3.63, 3.8) is 0 Å². The Bertz CT molecular complexity index is 454. The van der Waals surface area contributed by atoms with Gasteiger partial charge in [-0.2, -0.15) is 0 Å². The van der Waals surface area contributed by atoms with E-state index < -0.39 is 0 Å². The van der Waals surface area contributed by atoms with Gasteiger partial charge in [-0.1, -0.05) is 43.5 Å².